The Morgan fingerprint density at radius 3 is 0.874 bits per heavy atom. The van der Waals surface area contributed by atoms with Gasteiger partial charge in [0.25, 0.3) is 0 Å². The SMILES string of the molecule is CCCCCCCCCCCCCCCC(=O)O[C@H](COC(=O)CCCCCCCCCCCC(C)C)COP(=O)(O)OC[C@@H](O)COP(=O)(O)OC[C@@H](COC(=O)CCCCCCCCCCCC)OC(=O)CCCCCCCCCCC(C)CC. The van der Waals surface area contributed by atoms with Gasteiger partial charge in [0.05, 0.1) is 26.4 Å². The molecule has 3 unspecified atom stereocenters. The Balaban J connectivity index is 5.26. The summed E-state index contributed by atoms with van der Waals surface area (Å²) >= 11 is 0. The van der Waals surface area contributed by atoms with Crippen molar-refractivity contribution in [2.75, 3.05) is 39.6 Å². The van der Waals surface area contributed by atoms with Gasteiger partial charge in [0.2, 0.25) is 0 Å². The van der Waals surface area contributed by atoms with Crippen LogP contribution in [-0.2, 0) is 65.4 Å². The molecule has 87 heavy (non-hydrogen) atoms. The van der Waals surface area contributed by atoms with Crippen molar-refractivity contribution >= 4 is 39.5 Å². The van der Waals surface area contributed by atoms with Gasteiger partial charge in [-0.2, -0.15) is 0 Å². The molecular weight excluding hydrogens is 1150 g/mol. The van der Waals surface area contributed by atoms with Crippen molar-refractivity contribution < 1.29 is 80.2 Å². The highest BCUT2D eigenvalue weighted by Crippen LogP contribution is 2.45. The Morgan fingerprint density at radius 1 is 0.333 bits per heavy atom. The summed E-state index contributed by atoms with van der Waals surface area (Å²) in [6, 6.07) is 0. The number of unbranched alkanes of at least 4 members (excludes halogenated alkanes) is 36. The summed E-state index contributed by atoms with van der Waals surface area (Å²) in [6.07, 6.45) is 44.3. The molecular formula is C68H132O17P2. The Morgan fingerprint density at radius 2 is 0.586 bits per heavy atom. The number of phosphoric ester groups is 2. The van der Waals surface area contributed by atoms with E-state index >= 15 is 0 Å². The second kappa shape index (κ2) is 60.3. The highest BCUT2D eigenvalue weighted by atomic mass is 31.2. The molecule has 0 amide bonds. The summed E-state index contributed by atoms with van der Waals surface area (Å²) in [7, 11) is -9.90. The van der Waals surface area contributed by atoms with Crippen LogP contribution in [0.1, 0.15) is 343 Å². The van der Waals surface area contributed by atoms with Gasteiger partial charge < -0.3 is 33.8 Å². The van der Waals surface area contributed by atoms with Crippen LogP contribution in [0, 0.1) is 11.8 Å². The van der Waals surface area contributed by atoms with Crippen LogP contribution in [0.3, 0.4) is 0 Å². The molecule has 0 saturated heterocycles. The molecule has 0 aromatic carbocycles. The lowest BCUT2D eigenvalue weighted by molar-refractivity contribution is -0.161. The second-order valence-electron chi connectivity index (χ2n) is 25.3. The lowest BCUT2D eigenvalue weighted by atomic mass is 9.99. The Bertz CT molecular complexity index is 1700. The number of esters is 4. The number of hydrogen-bond acceptors (Lipinski definition) is 15. The molecule has 0 heterocycles. The molecule has 0 fully saturated rings. The van der Waals surface area contributed by atoms with Crippen molar-refractivity contribution in [1.29, 1.82) is 0 Å². The molecule has 0 aliphatic heterocycles. The summed E-state index contributed by atoms with van der Waals surface area (Å²) in [5.74, 6) is -0.613. The zero-order chi connectivity index (χ0) is 64.3. The van der Waals surface area contributed by atoms with E-state index in [1.54, 1.807) is 0 Å². The average Bonchev–Trinajstić information content (AvgIpc) is 3.62. The van der Waals surface area contributed by atoms with Crippen LogP contribution in [0.15, 0.2) is 0 Å². The minimum Gasteiger partial charge on any atom is -0.462 e. The predicted molar refractivity (Wildman–Crippen MR) is 349 cm³/mol. The van der Waals surface area contributed by atoms with Crippen molar-refractivity contribution in [1.82, 2.24) is 0 Å². The van der Waals surface area contributed by atoms with Crippen molar-refractivity contribution in [3.8, 4) is 0 Å². The van der Waals surface area contributed by atoms with Gasteiger partial charge in [0.15, 0.2) is 12.2 Å². The zero-order valence-corrected chi connectivity index (χ0v) is 58.1. The average molecular weight is 1280 g/mol. The van der Waals surface area contributed by atoms with Gasteiger partial charge in [0.1, 0.15) is 19.3 Å². The Labute approximate surface area is 530 Å². The Kier molecular flexibility index (Phi) is 59.0. The maximum absolute atomic E-state index is 13.0. The monoisotopic (exact) mass is 1280 g/mol. The van der Waals surface area contributed by atoms with Gasteiger partial charge in [-0.25, -0.2) is 9.13 Å². The van der Waals surface area contributed by atoms with E-state index in [4.69, 9.17) is 37.0 Å². The summed E-state index contributed by atoms with van der Waals surface area (Å²) in [5, 5.41) is 10.6. The van der Waals surface area contributed by atoms with Crippen LogP contribution >= 0.6 is 15.6 Å². The molecule has 0 aliphatic carbocycles. The first-order valence-electron chi connectivity index (χ1n) is 35.5. The number of ether oxygens (including phenoxy) is 4. The molecule has 0 bridgehead atoms. The molecule has 19 heteroatoms. The van der Waals surface area contributed by atoms with Gasteiger partial charge in [-0.15, -0.1) is 0 Å². The number of aliphatic hydroxyl groups is 1. The van der Waals surface area contributed by atoms with Gasteiger partial charge in [-0.1, -0.05) is 292 Å². The van der Waals surface area contributed by atoms with Gasteiger partial charge in [0, 0.05) is 25.7 Å². The quantitative estimate of drug-likeness (QED) is 0.0222. The van der Waals surface area contributed by atoms with Crippen molar-refractivity contribution in [2.24, 2.45) is 11.8 Å². The summed E-state index contributed by atoms with van der Waals surface area (Å²) in [4.78, 5) is 72.4. The fourth-order valence-corrected chi connectivity index (χ4v) is 11.8. The lowest BCUT2D eigenvalue weighted by Gasteiger charge is -2.21. The van der Waals surface area contributed by atoms with Gasteiger partial charge in [-0.05, 0) is 37.5 Å². The fourth-order valence-electron chi connectivity index (χ4n) is 10.2. The van der Waals surface area contributed by atoms with E-state index in [-0.39, 0.29) is 25.7 Å². The third kappa shape index (κ3) is 61.3. The fraction of sp³-hybridized carbons (Fsp3) is 0.941. The smallest absolute Gasteiger partial charge is 0.462 e. The molecule has 0 aromatic heterocycles. The number of hydrogen-bond donors (Lipinski definition) is 3. The summed E-state index contributed by atoms with van der Waals surface area (Å²) in [5.41, 5.74) is 0. The van der Waals surface area contributed by atoms with E-state index in [0.717, 1.165) is 102 Å². The number of phosphoric acid groups is 2. The van der Waals surface area contributed by atoms with E-state index in [2.05, 4.69) is 41.5 Å². The first kappa shape index (κ1) is 85.1. The number of rotatable bonds is 67. The highest BCUT2D eigenvalue weighted by Gasteiger charge is 2.30. The molecule has 0 radical (unpaired) electrons. The van der Waals surface area contributed by atoms with Crippen molar-refractivity contribution in [3.63, 3.8) is 0 Å². The Hall–Kier alpha value is -1.94. The van der Waals surface area contributed by atoms with E-state index in [0.29, 0.717) is 25.7 Å². The minimum absolute atomic E-state index is 0.105. The topological polar surface area (TPSA) is 237 Å². The molecule has 0 aromatic rings. The first-order valence-corrected chi connectivity index (χ1v) is 38.5. The highest BCUT2D eigenvalue weighted by molar-refractivity contribution is 7.47. The van der Waals surface area contributed by atoms with Crippen LogP contribution in [0.5, 0.6) is 0 Å². The molecule has 6 atom stereocenters. The molecule has 516 valence electrons. The van der Waals surface area contributed by atoms with Crippen molar-refractivity contribution in [2.45, 2.75) is 362 Å². The minimum atomic E-state index is -4.95. The van der Waals surface area contributed by atoms with E-state index in [9.17, 15) is 43.2 Å². The molecule has 0 rings (SSSR count). The van der Waals surface area contributed by atoms with Gasteiger partial charge in [-0.3, -0.25) is 37.3 Å². The lowest BCUT2D eigenvalue weighted by Crippen LogP contribution is -2.30. The van der Waals surface area contributed by atoms with E-state index < -0.39 is 97.5 Å². The standard InChI is InChI=1S/C68H132O17P2/c1-7-10-12-14-16-18-20-21-22-26-34-40-46-52-67(72)84-63(56-79-66(71)51-45-39-33-27-23-24-30-36-42-48-60(4)5)58-82-86(74,75)80-54-62(69)55-81-87(76,77)83-59-64(57-78-65(70)50-44-38-32-25-19-17-15-13-11-8-2)85-68(73)53-47-41-35-29-28-31-37-43-49-61(6)9-3/h60-64,69H,7-59H2,1-6H3,(H,74,75)(H,76,77)/t61?,62-,63-,64-/m1/s1. The van der Waals surface area contributed by atoms with Crippen LogP contribution in [-0.4, -0.2) is 96.7 Å². The third-order valence-corrected chi connectivity index (χ3v) is 18.0. The summed E-state index contributed by atoms with van der Waals surface area (Å²) < 4.78 is 68.2. The molecule has 3 N–H and O–H groups in total. The molecule has 17 nitrogen and oxygen atoms in total. The van der Waals surface area contributed by atoms with Crippen molar-refractivity contribution in [3.05, 3.63) is 0 Å². The number of carbonyl (C=O) groups is 4. The maximum atomic E-state index is 13.0. The third-order valence-electron chi connectivity index (χ3n) is 16.1. The molecule has 0 saturated carbocycles. The molecule has 0 spiro atoms. The largest absolute Gasteiger partial charge is 0.472 e. The maximum Gasteiger partial charge on any atom is 0.472 e. The normalized spacial score (nSPS) is 14.5. The van der Waals surface area contributed by atoms with E-state index in [1.807, 2.05) is 0 Å². The first-order chi connectivity index (χ1) is 41.9. The van der Waals surface area contributed by atoms with Crippen LogP contribution in [0.4, 0.5) is 0 Å². The second-order valence-corrected chi connectivity index (χ2v) is 28.2. The van der Waals surface area contributed by atoms with Crippen LogP contribution in [0.2, 0.25) is 0 Å². The van der Waals surface area contributed by atoms with E-state index in [1.165, 1.54) is 161 Å². The number of aliphatic hydroxyl groups excluding tert-OH is 1. The zero-order valence-electron chi connectivity index (χ0n) is 56.3. The van der Waals surface area contributed by atoms with Crippen LogP contribution in [0.25, 0.3) is 0 Å². The number of carbonyl (C=O) groups excluding carboxylic acids is 4. The molecule has 0 aliphatic rings. The summed E-state index contributed by atoms with van der Waals surface area (Å²) in [6.45, 7) is 9.50. The predicted octanol–water partition coefficient (Wildman–Crippen LogP) is 19.2. The van der Waals surface area contributed by atoms with Gasteiger partial charge >= 0.3 is 39.5 Å². The van der Waals surface area contributed by atoms with Crippen LogP contribution < -0.4 is 0 Å².